The summed E-state index contributed by atoms with van der Waals surface area (Å²) in [6.45, 7) is 0. The molecule has 1 aliphatic carbocycles. The number of rotatable bonds is 7. The molecule has 112 valence electrons. The number of carbonyl (C=O) groups is 2. The van der Waals surface area contributed by atoms with Crippen LogP contribution in [0.1, 0.15) is 24.8 Å². The fourth-order valence-corrected chi connectivity index (χ4v) is 2.22. The Labute approximate surface area is 123 Å². The Hall–Kier alpha value is -2.30. The number of para-hydroxylation sites is 1. The topological polar surface area (TPSA) is 75.6 Å². The Kier molecular flexibility index (Phi) is 4.98. The van der Waals surface area contributed by atoms with Crippen LogP contribution in [-0.4, -0.2) is 30.1 Å². The normalized spacial score (nSPS) is 15.7. The number of ether oxygens (including phenoxy) is 1. The van der Waals surface area contributed by atoms with Gasteiger partial charge in [-0.25, -0.2) is 0 Å². The Morgan fingerprint density at radius 2 is 2.14 bits per heavy atom. The summed E-state index contributed by atoms with van der Waals surface area (Å²) in [5.74, 6) is -0.185. The summed E-state index contributed by atoms with van der Waals surface area (Å²) in [7, 11) is 1.57. The zero-order chi connectivity index (χ0) is 15.2. The SMILES string of the molecule is COc1ccccc1/C=C/C(=O)NC(CC(=O)O)C1CC1. The van der Waals surface area contributed by atoms with E-state index in [9.17, 15) is 9.59 Å². The molecule has 1 amide bonds. The molecule has 1 fully saturated rings. The predicted octanol–water partition coefficient (Wildman–Crippen LogP) is 2.08. The van der Waals surface area contributed by atoms with Crippen molar-refractivity contribution in [3.63, 3.8) is 0 Å². The summed E-state index contributed by atoms with van der Waals surface area (Å²) in [6.07, 6.45) is 5.01. The summed E-state index contributed by atoms with van der Waals surface area (Å²) < 4.78 is 5.20. The van der Waals surface area contributed by atoms with Crippen molar-refractivity contribution in [1.29, 1.82) is 0 Å². The first kappa shape index (κ1) is 15.1. The van der Waals surface area contributed by atoms with Gasteiger partial charge in [-0.05, 0) is 30.9 Å². The zero-order valence-electron chi connectivity index (χ0n) is 11.9. The fourth-order valence-electron chi connectivity index (χ4n) is 2.22. The van der Waals surface area contributed by atoms with Crippen molar-refractivity contribution >= 4 is 18.0 Å². The minimum atomic E-state index is -0.888. The molecule has 21 heavy (non-hydrogen) atoms. The van der Waals surface area contributed by atoms with Crippen molar-refractivity contribution in [1.82, 2.24) is 5.32 Å². The van der Waals surface area contributed by atoms with Gasteiger partial charge in [0.2, 0.25) is 5.91 Å². The number of aliphatic carboxylic acids is 1. The number of hydrogen-bond acceptors (Lipinski definition) is 3. The summed E-state index contributed by atoms with van der Waals surface area (Å²) >= 11 is 0. The maximum atomic E-state index is 11.9. The molecule has 0 aromatic heterocycles. The highest BCUT2D eigenvalue weighted by Crippen LogP contribution is 2.34. The lowest BCUT2D eigenvalue weighted by Gasteiger charge is -2.14. The predicted molar refractivity (Wildman–Crippen MR) is 78.9 cm³/mol. The third kappa shape index (κ3) is 4.63. The number of amides is 1. The second-order valence-electron chi connectivity index (χ2n) is 5.13. The van der Waals surface area contributed by atoms with Gasteiger partial charge in [0, 0.05) is 17.7 Å². The molecule has 0 bridgehead atoms. The number of methoxy groups -OCH3 is 1. The van der Waals surface area contributed by atoms with Gasteiger partial charge in [-0.2, -0.15) is 0 Å². The average molecular weight is 289 g/mol. The monoisotopic (exact) mass is 289 g/mol. The molecule has 0 heterocycles. The van der Waals surface area contributed by atoms with Crippen LogP contribution in [0.3, 0.4) is 0 Å². The van der Waals surface area contributed by atoms with Gasteiger partial charge in [0.05, 0.1) is 13.5 Å². The largest absolute Gasteiger partial charge is 0.496 e. The molecule has 1 atom stereocenters. The summed E-state index contributed by atoms with van der Waals surface area (Å²) in [6, 6.07) is 7.09. The third-order valence-electron chi connectivity index (χ3n) is 3.47. The van der Waals surface area contributed by atoms with Crippen molar-refractivity contribution in [2.24, 2.45) is 5.92 Å². The molecule has 1 aromatic carbocycles. The fraction of sp³-hybridized carbons (Fsp3) is 0.375. The van der Waals surface area contributed by atoms with Crippen LogP contribution in [0.2, 0.25) is 0 Å². The van der Waals surface area contributed by atoms with Crippen molar-refractivity contribution in [3.05, 3.63) is 35.9 Å². The van der Waals surface area contributed by atoms with E-state index in [4.69, 9.17) is 9.84 Å². The van der Waals surface area contributed by atoms with Gasteiger partial charge in [0.1, 0.15) is 5.75 Å². The van der Waals surface area contributed by atoms with E-state index in [0.29, 0.717) is 11.7 Å². The van der Waals surface area contributed by atoms with E-state index in [1.807, 2.05) is 24.3 Å². The minimum absolute atomic E-state index is 0.0289. The van der Waals surface area contributed by atoms with E-state index in [1.165, 1.54) is 6.08 Å². The van der Waals surface area contributed by atoms with Crippen LogP contribution in [0.15, 0.2) is 30.3 Å². The number of carboxylic acid groups (broad SMARTS) is 1. The molecule has 1 aliphatic rings. The van der Waals surface area contributed by atoms with Crippen LogP contribution < -0.4 is 10.1 Å². The van der Waals surface area contributed by atoms with E-state index < -0.39 is 5.97 Å². The third-order valence-corrected chi connectivity index (χ3v) is 3.47. The molecule has 2 N–H and O–H groups in total. The van der Waals surface area contributed by atoms with Crippen LogP contribution in [0.5, 0.6) is 5.75 Å². The number of carbonyl (C=O) groups excluding carboxylic acids is 1. The summed E-state index contributed by atoms with van der Waals surface area (Å²) in [5.41, 5.74) is 0.802. The van der Waals surface area contributed by atoms with Gasteiger partial charge in [-0.1, -0.05) is 18.2 Å². The van der Waals surface area contributed by atoms with Crippen molar-refractivity contribution < 1.29 is 19.4 Å². The number of benzene rings is 1. The van der Waals surface area contributed by atoms with Gasteiger partial charge in [0.15, 0.2) is 0 Å². The van der Waals surface area contributed by atoms with Crippen molar-refractivity contribution in [2.45, 2.75) is 25.3 Å². The molecule has 1 saturated carbocycles. The van der Waals surface area contributed by atoms with E-state index in [1.54, 1.807) is 13.2 Å². The molecule has 5 heteroatoms. The van der Waals surface area contributed by atoms with Crippen LogP contribution in [0, 0.1) is 5.92 Å². The van der Waals surface area contributed by atoms with E-state index >= 15 is 0 Å². The smallest absolute Gasteiger partial charge is 0.305 e. The van der Waals surface area contributed by atoms with Crippen molar-refractivity contribution in [3.8, 4) is 5.75 Å². The molecule has 1 aromatic rings. The average Bonchev–Trinajstić information content (AvgIpc) is 3.29. The molecule has 1 unspecified atom stereocenters. The molecular weight excluding hydrogens is 270 g/mol. The van der Waals surface area contributed by atoms with Gasteiger partial charge in [0.25, 0.3) is 0 Å². The molecule has 0 spiro atoms. The second kappa shape index (κ2) is 6.92. The Bertz CT molecular complexity index is 549. The van der Waals surface area contributed by atoms with E-state index in [0.717, 1.165) is 18.4 Å². The summed E-state index contributed by atoms with van der Waals surface area (Å²) in [5, 5.41) is 11.6. The lowest BCUT2D eigenvalue weighted by atomic mass is 10.1. The van der Waals surface area contributed by atoms with E-state index in [-0.39, 0.29) is 18.4 Å². The first-order chi connectivity index (χ1) is 10.1. The minimum Gasteiger partial charge on any atom is -0.496 e. The molecule has 0 saturated heterocycles. The highest BCUT2D eigenvalue weighted by molar-refractivity contribution is 5.92. The van der Waals surface area contributed by atoms with Gasteiger partial charge < -0.3 is 15.2 Å². The quantitative estimate of drug-likeness (QED) is 0.754. The van der Waals surface area contributed by atoms with Gasteiger partial charge in [-0.3, -0.25) is 9.59 Å². The Morgan fingerprint density at radius 3 is 2.76 bits per heavy atom. The summed E-state index contributed by atoms with van der Waals surface area (Å²) in [4.78, 5) is 22.7. The van der Waals surface area contributed by atoms with Crippen LogP contribution in [0.4, 0.5) is 0 Å². The number of hydrogen-bond donors (Lipinski definition) is 2. The highest BCUT2D eigenvalue weighted by Gasteiger charge is 2.33. The number of nitrogens with one attached hydrogen (secondary N) is 1. The standard InChI is InChI=1S/C16H19NO4/c1-21-14-5-3-2-4-12(14)8-9-15(18)17-13(10-16(19)20)11-6-7-11/h2-5,8-9,11,13H,6-7,10H2,1H3,(H,17,18)(H,19,20)/b9-8+. The molecule has 0 aliphatic heterocycles. The molecule has 0 radical (unpaired) electrons. The highest BCUT2D eigenvalue weighted by atomic mass is 16.5. The Morgan fingerprint density at radius 1 is 1.43 bits per heavy atom. The first-order valence-electron chi connectivity index (χ1n) is 6.93. The second-order valence-corrected chi connectivity index (χ2v) is 5.13. The lowest BCUT2D eigenvalue weighted by molar-refractivity contribution is -0.137. The first-order valence-corrected chi connectivity index (χ1v) is 6.93. The maximum absolute atomic E-state index is 11.9. The molecule has 5 nitrogen and oxygen atoms in total. The molecule has 2 rings (SSSR count). The Balaban J connectivity index is 1.96. The lowest BCUT2D eigenvalue weighted by Crippen LogP contribution is -2.37. The van der Waals surface area contributed by atoms with Gasteiger partial charge >= 0.3 is 5.97 Å². The van der Waals surface area contributed by atoms with Gasteiger partial charge in [-0.15, -0.1) is 0 Å². The van der Waals surface area contributed by atoms with E-state index in [2.05, 4.69) is 5.32 Å². The number of carboxylic acids is 1. The van der Waals surface area contributed by atoms with Crippen LogP contribution >= 0.6 is 0 Å². The van der Waals surface area contributed by atoms with Crippen LogP contribution in [0.25, 0.3) is 6.08 Å². The molecular formula is C16H19NO4. The zero-order valence-corrected chi connectivity index (χ0v) is 11.9. The van der Waals surface area contributed by atoms with Crippen LogP contribution in [-0.2, 0) is 9.59 Å². The van der Waals surface area contributed by atoms with Crippen molar-refractivity contribution in [2.75, 3.05) is 7.11 Å². The maximum Gasteiger partial charge on any atom is 0.305 e.